The molecule has 2 N–H and O–H groups in total. The molecule has 0 spiro atoms. The Morgan fingerprint density at radius 1 is 1.25 bits per heavy atom. The van der Waals surface area contributed by atoms with Crippen molar-refractivity contribution in [3.05, 3.63) is 0 Å². The van der Waals surface area contributed by atoms with E-state index in [2.05, 4.69) is 26.1 Å². The molecule has 0 heterocycles. The maximum absolute atomic E-state index is 9.11. The first-order chi connectivity index (χ1) is 7.61. The van der Waals surface area contributed by atoms with Crippen molar-refractivity contribution in [3.8, 4) is 0 Å². The zero-order valence-corrected chi connectivity index (χ0v) is 11.4. The maximum atomic E-state index is 9.11. The summed E-state index contributed by atoms with van der Waals surface area (Å²) in [6.07, 6.45) is 5.52. The topological polar surface area (TPSA) is 41.5 Å². The van der Waals surface area contributed by atoms with Crippen molar-refractivity contribution in [1.29, 1.82) is 0 Å². The largest absolute Gasteiger partial charge is 0.396 e. The molecule has 98 valence electrons. The number of nitrogens with one attached hydrogen (secondary N) is 1. The van der Waals surface area contributed by atoms with Crippen LogP contribution in [-0.2, 0) is 4.74 Å². The van der Waals surface area contributed by atoms with Crippen LogP contribution < -0.4 is 5.32 Å². The van der Waals surface area contributed by atoms with Gasteiger partial charge in [-0.2, -0.15) is 0 Å². The number of hydrogen-bond acceptors (Lipinski definition) is 3. The molecule has 0 saturated heterocycles. The quantitative estimate of drug-likeness (QED) is 0.606. The molecule has 16 heavy (non-hydrogen) atoms. The van der Waals surface area contributed by atoms with Gasteiger partial charge in [0.05, 0.1) is 6.61 Å². The molecule has 3 heteroatoms. The van der Waals surface area contributed by atoms with E-state index in [9.17, 15) is 0 Å². The van der Waals surface area contributed by atoms with Gasteiger partial charge in [-0.15, -0.1) is 0 Å². The van der Waals surface area contributed by atoms with Crippen LogP contribution >= 0.6 is 0 Å². The van der Waals surface area contributed by atoms with Crippen molar-refractivity contribution < 1.29 is 9.84 Å². The van der Waals surface area contributed by atoms with Crippen LogP contribution in [0.25, 0.3) is 0 Å². The van der Waals surface area contributed by atoms with Gasteiger partial charge in [-0.1, -0.05) is 26.7 Å². The Morgan fingerprint density at radius 2 is 1.81 bits per heavy atom. The van der Waals surface area contributed by atoms with Crippen LogP contribution in [0.4, 0.5) is 0 Å². The highest BCUT2D eigenvalue weighted by Gasteiger charge is 2.26. The van der Waals surface area contributed by atoms with E-state index in [0.717, 1.165) is 6.42 Å². The third-order valence-corrected chi connectivity index (χ3v) is 2.95. The molecule has 0 saturated carbocycles. The van der Waals surface area contributed by atoms with Gasteiger partial charge in [0.2, 0.25) is 0 Å². The van der Waals surface area contributed by atoms with Gasteiger partial charge < -0.3 is 15.2 Å². The SMILES string of the molecule is CCCC(CCC)NC(C)(CCO)COC. The lowest BCUT2D eigenvalue weighted by Crippen LogP contribution is -2.51. The van der Waals surface area contributed by atoms with Crippen LogP contribution in [-0.4, -0.2) is 37.0 Å². The van der Waals surface area contributed by atoms with E-state index >= 15 is 0 Å². The van der Waals surface area contributed by atoms with Crippen molar-refractivity contribution in [3.63, 3.8) is 0 Å². The summed E-state index contributed by atoms with van der Waals surface area (Å²) >= 11 is 0. The average Bonchev–Trinajstić information content (AvgIpc) is 2.18. The summed E-state index contributed by atoms with van der Waals surface area (Å²) in [5.74, 6) is 0. The number of ether oxygens (including phenoxy) is 1. The van der Waals surface area contributed by atoms with E-state index in [-0.39, 0.29) is 12.1 Å². The minimum absolute atomic E-state index is 0.0987. The minimum Gasteiger partial charge on any atom is -0.396 e. The normalized spacial score (nSPS) is 15.4. The Kier molecular flexibility index (Phi) is 8.90. The van der Waals surface area contributed by atoms with Gasteiger partial charge >= 0.3 is 0 Å². The molecule has 0 bridgehead atoms. The van der Waals surface area contributed by atoms with Gasteiger partial charge in [0, 0.05) is 25.3 Å². The van der Waals surface area contributed by atoms with Crippen molar-refractivity contribution in [1.82, 2.24) is 5.32 Å². The number of methoxy groups -OCH3 is 1. The first kappa shape index (κ1) is 15.9. The lowest BCUT2D eigenvalue weighted by molar-refractivity contribution is 0.0876. The summed E-state index contributed by atoms with van der Waals surface area (Å²) in [5.41, 5.74) is -0.0987. The van der Waals surface area contributed by atoms with Crippen LogP contribution in [0, 0.1) is 0 Å². The molecule has 0 fully saturated rings. The molecule has 0 aliphatic rings. The molecular formula is C13H29NO2. The van der Waals surface area contributed by atoms with Gasteiger partial charge in [-0.25, -0.2) is 0 Å². The van der Waals surface area contributed by atoms with Crippen LogP contribution in [0.3, 0.4) is 0 Å². The molecule has 0 aliphatic heterocycles. The van der Waals surface area contributed by atoms with E-state index in [1.165, 1.54) is 25.7 Å². The molecule has 0 amide bonds. The predicted molar refractivity (Wildman–Crippen MR) is 68.7 cm³/mol. The first-order valence-electron chi connectivity index (χ1n) is 6.49. The summed E-state index contributed by atoms with van der Waals surface area (Å²) in [4.78, 5) is 0. The zero-order chi connectivity index (χ0) is 12.4. The molecule has 0 aromatic carbocycles. The Balaban J connectivity index is 4.30. The van der Waals surface area contributed by atoms with Crippen LogP contribution in [0.1, 0.15) is 52.9 Å². The summed E-state index contributed by atoms with van der Waals surface area (Å²) in [5, 5.41) is 12.8. The fraction of sp³-hybridized carbons (Fsp3) is 1.00. The Labute approximate surface area is 101 Å². The van der Waals surface area contributed by atoms with Gasteiger partial charge in [0.15, 0.2) is 0 Å². The van der Waals surface area contributed by atoms with Crippen molar-refractivity contribution >= 4 is 0 Å². The second-order valence-corrected chi connectivity index (χ2v) is 4.89. The summed E-state index contributed by atoms with van der Waals surface area (Å²) in [6.45, 7) is 7.41. The fourth-order valence-electron chi connectivity index (χ4n) is 2.23. The number of hydrogen-bond donors (Lipinski definition) is 2. The second kappa shape index (κ2) is 8.97. The maximum Gasteiger partial charge on any atom is 0.0642 e. The molecule has 0 aromatic rings. The van der Waals surface area contributed by atoms with E-state index < -0.39 is 0 Å². The molecule has 3 nitrogen and oxygen atoms in total. The van der Waals surface area contributed by atoms with Crippen LogP contribution in [0.15, 0.2) is 0 Å². The Morgan fingerprint density at radius 3 is 2.19 bits per heavy atom. The van der Waals surface area contributed by atoms with E-state index in [0.29, 0.717) is 12.6 Å². The summed E-state index contributed by atoms with van der Waals surface area (Å²) in [6, 6.07) is 0.543. The van der Waals surface area contributed by atoms with Crippen LogP contribution in [0.2, 0.25) is 0 Å². The lowest BCUT2D eigenvalue weighted by atomic mass is 9.95. The van der Waals surface area contributed by atoms with Gasteiger partial charge in [-0.3, -0.25) is 0 Å². The highest BCUT2D eigenvalue weighted by atomic mass is 16.5. The highest BCUT2D eigenvalue weighted by Crippen LogP contribution is 2.15. The average molecular weight is 231 g/mol. The molecular weight excluding hydrogens is 202 g/mol. The van der Waals surface area contributed by atoms with Gasteiger partial charge in [0.1, 0.15) is 0 Å². The van der Waals surface area contributed by atoms with Gasteiger partial charge in [-0.05, 0) is 26.2 Å². The number of aliphatic hydroxyl groups excluding tert-OH is 1. The first-order valence-corrected chi connectivity index (χ1v) is 6.49. The number of aliphatic hydroxyl groups is 1. The third-order valence-electron chi connectivity index (χ3n) is 2.95. The van der Waals surface area contributed by atoms with Crippen molar-refractivity contribution in [2.45, 2.75) is 64.5 Å². The zero-order valence-electron chi connectivity index (χ0n) is 11.4. The molecule has 1 unspecified atom stereocenters. The second-order valence-electron chi connectivity index (χ2n) is 4.89. The molecule has 0 aromatic heterocycles. The molecule has 0 radical (unpaired) electrons. The standard InChI is InChI=1S/C13H29NO2/c1-5-7-12(8-6-2)14-13(3,9-10-15)11-16-4/h12,14-15H,5-11H2,1-4H3. The smallest absolute Gasteiger partial charge is 0.0642 e. The Hall–Kier alpha value is -0.120. The van der Waals surface area contributed by atoms with Crippen molar-refractivity contribution in [2.24, 2.45) is 0 Å². The molecule has 0 aliphatic carbocycles. The van der Waals surface area contributed by atoms with Gasteiger partial charge in [0.25, 0.3) is 0 Å². The molecule has 0 rings (SSSR count). The number of rotatable bonds is 10. The van der Waals surface area contributed by atoms with E-state index in [4.69, 9.17) is 9.84 Å². The fourth-order valence-corrected chi connectivity index (χ4v) is 2.23. The lowest BCUT2D eigenvalue weighted by Gasteiger charge is -2.34. The van der Waals surface area contributed by atoms with E-state index in [1.807, 2.05) is 0 Å². The summed E-state index contributed by atoms with van der Waals surface area (Å²) < 4.78 is 5.24. The predicted octanol–water partition coefficient (Wildman–Crippen LogP) is 2.33. The van der Waals surface area contributed by atoms with Crippen molar-refractivity contribution in [2.75, 3.05) is 20.3 Å². The van der Waals surface area contributed by atoms with E-state index in [1.54, 1.807) is 7.11 Å². The highest BCUT2D eigenvalue weighted by molar-refractivity contribution is 4.86. The summed E-state index contributed by atoms with van der Waals surface area (Å²) in [7, 11) is 1.71. The monoisotopic (exact) mass is 231 g/mol. The third kappa shape index (κ3) is 6.46. The Bertz CT molecular complexity index is 150. The minimum atomic E-state index is -0.0987. The van der Waals surface area contributed by atoms with Crippen LogP contribution in [0.5, 0.6) is 0 Å². The molecule has 1 atom stereocenters.